The highest BCUT2D eigenvalue weighted by Gasteiger charge is 2.38. The first kappa shape index (κ1) is 32.1. The molecule has 0 aromatic heterocycles. The zero-order valence-electron chi connectivity index (χ0n) is 24.6. The van der Waals surface area contributed by atoms with Crippen LogP contribution in [-0.4, -0.2) is 52.9 Å². The van der Waals surface area contributed by atoms with Crippen LogP contribution in [0.4, 0.5) is 4.79 Å². The van der Waals surface area contributed by atoms with Crippen LogP contribution < -0.4 is 16.4 Å². The van der Waals surface area contributed by atoms with Gasteiger partial charge in [-0.3, -0.25) is 14.4 Å². The molecule has 4 N–H and O–H groups in total. The first-order chi connectivity index (χ1) is 18.3. The smallest absolute Gasteiger partial charge is 0.408 e. The number of nitrogens with zero attached hydrogens (tertiary/aromatic N) is 1. The first-order valence-corrected chi connectivity index (χ1v) is 14.3. The lowest BCUT2D eigenvalue weighted by Gasteiger charge is -2.36. The third-order valence-electron chi connectivity index (χ3n) is 6.92. The first-order valence-electron chi connectivity index (χ1n) is 14.3. The Labute approximate surface area is 233 Å². The van der Waals surface area contributed by atoms with Crippen molar-refractivity contribution >= 4 is 23.8 Å². The van der Waals surface area contributed by atoms with Gasteiger partial charge in [-0.1, -0.05) is 62.8 Å². The molecule has 1 aliphatic rings. The van der Waals surface area contributed by atoms with Crippen molar-refractivity contribution in [1.82, 2.24) is 15.5 Å². The van der Waals surface area contributed by atoms with Crippen molar-refractivity contribution in [2.24, 2.45) is 5.73 Å². The van der Waals surface area contributed by atoms with E-state index in [1.54, 1.807) is 20.8 Å². The van der Waals surface area contributed by atoms with Crippen LogP contribution in [0.3, 0.4) is 0 Å². The van der Waals surface area contributed by atoms with E-state index in [4.69, 9.17) is 10.5 Å². The Morgan fingerprint density at radius 3 is 2.33 bits per heavy atom. The predicted molar refractivity (Wildman–Crippen MR) is 152 cm³/mol. The van der Waals surface area contributed by atoms with Gasteiger partial charge in [0.15, 0.2) is 0 Å². The number of hydrogen-bond donors (Lipinski definition) is 3. The van der Waals surface area contributed by atoms with E-state index in [1.165, 1.54) is 4.90 Å². The molecule has 9 nitrogen and oxygen atoms in total. The van der Waals surface area contributed by atoms with Crippen molar-refractivity contribution in [3.8, 4) is 0 Å². The SMILES string of the molecule is CCCCCN(C(=O)C(CC(N)=O)NC(=O)OC(C)(C)C)C(C(=O)NC1CCCCC1)c1cc(C)ccc1C. The van der Waals surface area contributed by atoms with Crippen LogP contribution in [0.25, 0.3) is 0 Å². The molecule has 1 aromatic rings. The Hall–Kier alpha value is -3.10. The molecule has 9 heteroatoms. The van der Waals surface area contributed by atoms with E-state index < -0.39 is 42.0 Å². The number of benzene rings is 1. The normalized spacial score (nSPS) is 15.6. The third kappa shape index (κ3) is 10.5. The number of aryl methyl sites for hydroxylation is 2. The molecule has 0 radical (unpaired) electrons. The lowest BCUT2D eigenvalue weighted by Crippen LogP contribution is -2.55. The quantitative estimate of drug-likeness (QED) is 0.332. The van der Waals surface area contributed by atoms with Crippen LogP contribution in [0.2, 0.25) is 0 Å². The van der Waals surface area contributed by atoms with E-state index in [2.05, 4.69) is 17.6 Å². The molecule has 2 unspecified atom stereocenters. The molecule has 1 saturated carbocycles. The van der Waals surface area contributed by atoms with Gasteiger partial charge in [0.05, 0.1) is 6.42 Å². The van der Waals surface area contributed by atoms with Gasteiger partial charge >= 0.3 is 6.09 Å². The van der Waals surface area contributed by atoms with E-state index in [0.717, 1.165) is 61.6 Å². The molecule has 0 bridgehead atoms. The molecule has 0 saturated heterocycles. The number of nitrogens with one attached hydrogen (secondary N) is 2. The Kier molecular flexibility index (Phi) is 12.3. The van der Waals surface area contributed by atoms with E-state index in [9.17, 15) is 19.2 Å². The molecule has 1 aliphatic carbocycles. The monoisotopic (exact) mass is 544 g/mol. The van der Waals surface area contributed by atoms with Crippen molar-refractivity contribution in [2.45, 2.75) is 123 Å². The van der Waals surface area contributed by atoms with Gasteiger partial charge in [0.2, 0.25) is 17.7 Å². The lowest BCUT2D eigenvalue weighted by atomic mass is 9.93. The number of nitrogens with two attached hydrogens (primary N) is 1. The molecule has 39 heavy (non-hydrogen) atoms. The summed E-state index contributed by atoms with van der Waals surface area (Å²) in [5.41, 5.74) is 7.26. The summed E-state index contributed by atoms with van der Waals surface area (Å²) in [6, 6.07) is 3.71. The van der Waals surface area contributed by atoms with Crippen molar-refractivity contribution in [3.05, 3.63) is 34.9 Å². The average molecular weight is 545 g/mol. The van der Waals surface area contributed by atoms with Crippen LogP contribution in [0.5, 0.6) is 0 Å². The molecule has 1 aromatic carbocycles. The zero-order valence-corrected chi connectivity index (χ0v) is 24.6. The fraction of sp³-hybridized carbons (Fsp3) is 0.667. The van der Waals surface area contributed by atoms with Gasteiger partial charge in [0.1, 0.15) is 17.7 Å². The summed E-state index contributed by atoms with van der Waals surface area (Å²) in [5.74, 6) is -1.54. The molecule has 2 atom stereocenters. The standard InChI is InChI=1S/C30H48N4O5/c1-7-8-12-17-34(28(37)24(19-25(31)35)33-29(38)39-30(4,5)6)26(23-18-20(2)15-16-21(23)3)27(36)32-22-13-10-9-11-14-22/h15-16,18,22,24,26H,7-14,17,19H2,1-6H3,(H2,31,35)(H,32,36)(H,33,38). The second kappa shape index (κ2) is 14.9. The highest BCUT2D eigenvalue weighted by atomic mass is 16.6. The zero-order chi connectivity index (χ0) is 29.2. The summed E-state index contributed by atoms with van der Waals surface area (Å²) >= 11 is 0. The second-order valence-corrected chi connectivity index (χ2v) is 11.7. The Bertz CT molecular complexity index is 998. The number of rotatable bonds is 12. The Balaban J connectivity index is 2.53. The minimum absolute atomic E-state index is 0.0489. The number of carbonyl (C=O) groups excluding carboxylic acids is 4. The van der Waals surface area contributed by atoms with E-state index in [0.29, 0.717) is 6.42 Å². The molecule has 2 rings (SSSR count). The molecule has 218 valence electrons. The fourth-order valence-electron chi connectivity index (χ4n) is 4.98. The number of primary amides is 1. The van der Waals surface area contributed by atoms with Gasteiger partial charge in [-0.25, -0.2) is 4.79 Å². The minimum atomic E-state index is -1.27. The summed E-state index contributed by atoms with van der Waals surface area (Å²) in [6.45, 7) is 11.3. The number of carbonyl (C=O) groups is 4. The van der Waals surface area contributed by atoms with E-state index in [-0.39, 0.29) is 18.5 Å². The molecule has 0 heterocycles. The minimum Gasteiger partial charge on any atom is -0.444 e. The van der Waals surface area contributed by atoms with Gasteiger partial charge in [0, 0.05) is 12.6 Å². The number of hydrogen-bond acceptors (Lipinski definition) is 5. The maximum Gasteiger partial charge on any atom is 0.408 e. The van der Waals surface area contributed by atoms with Crippen LogP contribution in [-0.2, 0) is 19.1 Å². The van der Waals surface area contributed by atoms with Gasteiger partial charge in [-0.2, -0.15) is 0 Å². The van der Waals surface area contributed by atoms with E-state index in [1.807, 2.05) is 32.0 Å². The summed E-state index contributed by atoms with van der Waals surface area (Å²) in [7, 11) is 0. The van der Waals surface area contributed by atoms with Gasteiger partial charge in [0.25, 0.3) is 0 Å². The van der Waals surface area contributed by atoms with Crippen molar-refractivity contribution in [2.75, 3.05) is 6.54 Å². The van der Waals surface area contributed by atoms with Crippen molar-refractivity contribution in [3.63, 3.8) is 0 Å². The third-order valence-corrected chi connectivity index (χ3v) is 6.92. The number of alkyl carbamates (subject to hydrolysis) is 1. The summed E-state index contributed by atoms with van der Waals surface area (Å²) in [6.07, 6.45) is 6.27. The fourth-order valence-corrected chi connectivity index (χ4v) is 4.98. The summed E-state index contributed by atoms with van der Waals surface area (Å²) < 4.78 is 5.35. The number of unbranched alkanes of at least 4 members (excludes halogenated alkanes) is 2. The average Bonchev–Trinajstić information content (AvgIpc) is 2.83. The topological polar surface area (TPSA) is 131 Å². The summed E-state index contributed by atoms with van der Waals surface area (Å²) in [5, 5.41) is 5.75. The maximum absolute atomic E-state index is 14.1. The maximum atomic E-state index is 14.1. The van der Waals surface area contributed by atoms with Gasteiger partial charge < -0.3 is 26.0 Å². The molecule has 1 fully saturated rings. The second-order valence-electron chi connectivity index (χ2n) is 11.7. The largest absolute Gasteiger partial charge is 0.444 e. The highest BCUT2D eigenvalue weighted by Crippen LogP contribution is 2.29. The summed E-state index contributed by atoms with van der Waals surface area (Å²) in [4.78, 5) is 54.3. The van der Waals surface area contributed by atoms with Gasteiger partial charge in [-0.05, 0) is 65.0 Å². The Morgan fingerprint density at radius 1 is 1.08 bits per heavy atom. The van der Waals surface area contributed by atoms with Crippen LogP contribution in [0.15, 0.2) is 18.2 Å². The van der Waals surface area contributed by atoms with Gasteiger partial charge in [-0.15, -0.1) is 0 Å². The number of amides is 4. The highest BCUT2D eigenvalue weighted by molar-refractivity contribution is 5.94. The molecular weight excluding hydrogens is 496 g/mol. The van der Waals surface area contributed by atoms with Crippen LogP contribution in [0, 0.1) is 13.8 Å². The molecular formula is C30H48N4O5. The lowest BCUT2D eigenvalue weighted by molar-refractivity contribution is -0.143. The van der Waals surface area contributed by atoms with Crippen molar-refractivity contribution < 1.29 is 23.9 Å². The Morgan fingerprint density at radius 2 is 1.74 bits per heavy atom. The molecule has 0 aliphatic heterocycles. The van der Waals surface area contributed by atoms with Crippen LogP contribution >= 0.6 is 0 Å². The van der Waals surface area contributed by atoms with E-state index >= 15 is 0 Å². The van der Waals surface area contributed by atoms with Crippen LogP contribution in [0.1, 0.15) is 108 Å². The molecule has 0 spiro atoms. The van der Waals surface area contributed by atoms with Crippen molar-refractivity contribution in [1.29, 1.82) is 0 Å². The number of ether oxygens (including phenoxy) is 1. The molecule has 4 amide bonds. The predicted octanol–water partition coefficient (Wildman–Crippen LogP) is 4.58.